The van der Waals surface area contributed by atoms with Crippen molar-refractivity contribution in [2.75, 3.05) is 0 Å². The Kier molecular flexibility index (Phi) is 4.97. The fourth-order valence-corrected chi connectivity index (χ4v) is 3.05. The molecule has 0 aliphatic rings. The standard InChI is InChI=1S/C19H24N4O3/c1-12(2)17(18-20-8-10-22(18)4)21-16(24)7-9-23-14-11-13(3)5-6-15(14)26-19(23)25/h5-6,8,10-12,17H,7,9H2,1-4H3,(H,21,24)/t17-/m0/s1. The summed E-state index contributed by atoms with van der Waals surface area (Å²) >= 11 is 0. The first-order chi connectivity index (χ1) is 12.4. The lowest BCUT2D eigenvalue weighted by Gasteiger charge is -2.22. The second kappa shape index (κ2) is 7.19. The van der Waals surface area contributed by atoms with Crippen molar-refractivity contribution in [2.24, 2.45) is 13.0 Å². The van der Waals surface area contributed by atoms with Gasteiger partial charge in [0.25, 0.3) is 0 Å². The van der Waals surface area contributed by atoms with E-state index in [1.54, 1.807) is 12.3 Å². The molecule has 0 bridgehead atoms. The third-order valence-corrected chi connectivity index (χ3v) is 4.51. The summed E-state index contributed by atoms with van der Waals surface area (Å²) in [5.41, 5.74) is 2.28. The van der Waals surface area contributed by atoms with Gasteiger partial charge in [-0.15, -0.1) is 0 Å². The lowest BCUT2D eigenvalue weighted by molar-refractivity contribution is -0.122. The van der Waals surface area contributed by atoms with E-state index in [1.165, 1.54) is 4.57 Å². The molecule has 0 aliphatic heterocycles. The first-order valence-electron chi connectivity index (χ1n) is 8.73. The van der Waals surface area contributed by atoms with Crippen LogP contribution in [0.2, 0.25) is 0 Å². The van der Waals surface area contributed by atoms with Gasteiger partial charge in [-0.05, 0) is 30.5 Å². The molecule has 138 valence electrons. The number of imidazole rings is 1. The van der Waals surface area contributed by atoms with Crippen molar-refractivity contribution in [1.82, 2.24) is 19.4 Å². The molecule has 1 N–H and O–H groups in total. The largest absolute Gasteiger partial charge is 0.419 e. The van der Waals surface area contributed by atoms with E-state index in [1.807, 2.05) is 50.7 Å². The van der Waals surface area contributed by atoms with Crippen LogP contribution in [0.25, 0.3) is 11.1 Å². The first kappa shape index (κ1) is 18.0. The van der Waals surface area contributed by atoms with E-state index in [0.29, 0.717) is 11.1 Å². The zero-order chi connectivity index (χ0) is 18.8. The van der Waals surface area contributed by atoms with E-state index in [2.05, 4.69) is 10.3 Å². The van der Waals surface area contributed by atoms with Gasteiger partial charge in [-0.3, -0.25) is 9.36 Å². The van der Waals surface area contributed by atoms with Gasteiger partial charge in [0.1, 0.15) is 5.82 Å². The smallest absolute Gasteiger partial charge is 0.408 e. The number of rotatable bonds is 6. The Morgan fingerprint density at radius 3 is 2.77 bits per heavy atom. The fraction of sp³-hybridized carbons (Fsp3) is 0.421. The molecule has 1 aromatic carbocycles. The zero-order valence-electron chi connectivity index (χ0n) is 15.5. The van der Waals surface area contributed by atoms with Crippen LogP contribution < -0.4 is 11.1 Å². The number of benzene rings is 1. The predicted octanol–water partition coefficient (Wildman–Crippen LogP) is 2.54. The minimum Gasteiger partial charge on any atom is -0.408 e. The van der Waals surface area contributed by atoms with Gasteiger partial charge in [0.05, 0.1) is 11.6 Å². The molecule has 26 heavy (non-hydrogen) atoms. The summed E-state index contributed by atoms with van der Waals surface area (Å²) < 4.78 is 8.65. The number of nitrogens with zero attached hydrogens (tertiary/aromatic N) is 3. The van der Waals surface area contributed by atoms with Gasteiger partial charge in [-0.25, -0.2) is 9.78 Å². The molecule has 1 atom stereocenters. The highest BCUT2D eigenvalue weighted by Crippen LogP contribution is 2.20. The first-order valence-corrected chi connectivity index (χ1v) is 8.73. The van der Waals surface area contributed by atoms with Gasteiger partial charge in [0.15, 0.2) is 5.58 Å². The number of aryl methyl sites for hydroxylation is 3. The van der Waals surface area contributed by atoms with Crippen molar-refractivity contribution < 1.29 is 9.21 Å². The molecule has 7 nitrogen and oxygen atoms in total. The van der Waals surface area contributed by atoms with Crippen molar-refractivity contribution in [2.45, 2.75) is 39.8 Å². The van der Waals surface area contributed by atoms with Crippen molar-refractivity contribution in [1.29, 1.82) is 0 Å². The Labute approximate surface area is 151 Å². The van der Waals surface area contributed by atoms with Crippen molar-refractivity contribution in [3.8, 4) is 0 Å². The minimum atomic E-state index is -0.442. The summed E-state index contributed by atoms with van der Waals surface area (Å²) in [6, 6.07) is 5.38. The summed E-state index contributed by atoms with van der Waals surface area (Å²) in [5, 5.41) is 3.03. The molecule has 0 saturated heterocycles. The highest BCUT2D eigenvalue weighted by Gasteiger charge is 2.22. The lowest BCUT2D eigenvalue weighted by Crippen LogP contribution is -2.34. The number of hydrogen-bond donors (Lipinski definition) is 1. The summed E-state index contributed by atoms with van der Waals surface area (Å²) in [5.74, 6) is 0.443. The van der Waals surface area contributed by atoms with Crippen LogP contribution in [0.1, 0.15) is 37.7 Å². The number of oxazole rings is 1. The van der Waals surface area contributed by atoms with Crippen LogP contribution in [-0.4, -0.2) is 20.0 Å². The topological polar surface area (TPSA) is 82.1 Å². The number of nitrogens with one attached hydrogen (secondary N) is 1. The Morgan fingerprint density at radius 2 is 2.12 bits per heavy atom. The molecular weight excluding hydrogens is 332 g/mol. The molecule has 0 aliphatic carbocycles. The van der Waals surface area contributed by atoms with Crippen LogP contribution in [0.15, 0.2) is 39.8 Å². The molecule has 1 amide bonds. The third-order valence-electron chi connectivity index (χ3n) is 4.51. The van der Waals surface area contributed by atoms with Crippen LogP contribution in [0.5, 0.6) is 0 Å². The molecule has 0 saturated carbocycles. The maximum atomic E-state index is 12.5. The van der Waals surface area contributed by atoms with Crippen molar-refractivity contribution >= 4 is 17.0 Å². The van der Waals surface area contributed by atoms with E-state index in [4.69, 9.17) is 4.42 Å². The average molecular weight is 356 g/mol. The van der Waals surface area contributed by atoms with Crippen LogP contribution in [0.3, 0.4) is 0 Å². The molecule has 2 aromatic heterocycles. The van der Waals surface area contributed by atoms with Gasteiger partial charge in [-0.2, -0.15) is 0 Å². The monoisotopic (exact) mass is 356 g/mol. The van der Waals surface area contributed by atoms with E-state index in [0.717, 1.165) is 11.4 Å². The van der Waals surface area contributed by atoms with Crippen LogP contribution in [0, 0.1) is 12.8 Å². The number of carbonyl (C=O) groups excluding carboxylic acids is 1. The van der Waals surface area contributed by atoms with Crippen LogP contribution in [0.4, 0.5) is 0 Å². The Bertz CT molecular complexity index is 980. The number of carbonyl (C=O) groups is 1. The van der Waals surface area contributed by atoms with Crippen molar-refractivity contribution in [3.05, 3.63) is 52.5 Å². The molecule has 3 rings (SSSR count). The van der Waals surface area contributed by atoms with Crippen LogP contribution in [-0.2, 0) is 18.4 Å². The molecule has 0 unspecified atom stereocenters. The number of fused-ring (bicyclic) bond motifs is 1. The molecule has 0 radical (unpaired) electrons. The summed E-state index contributed by atoms with van der Waals surface area (Å²) in [7, 11) is 1.91. The second-order valence-electron chi connectivity index (χ2n) is 6.93. The normalized spacial score (nSPS) is 12.7. The van der Waals surface area contributed by atoms with E-state index >= 15 is 0 Å². The molecular formula is C19H24N4O3. The third kappa shape index (κ3) is 3.56. The van der Waals surface area contributed by atoms with Gasteiger partial charge < -0.3 is 14.3 Å². The summed E-state index contributed by atoms with van der Waals surface area (Å²) in [4.78, 5) is 28.9. The van der Waals surface area contributed by atoms with Crippen molar-refractivity contribution in [3.63, 3.8) is 0 Å². The number of aromatic nitrogens is 3. The van der Waals surface area contributed by atoms with Crippen LogP contribution >= 0.6 is 0 Å². The van der Waals surface area contributed by atoms with Gasteiger partial charge >= 0.3 is 5.76 Å². The minimum absolute atomic E-state index is 0.124. The lowest BCUT2D eigenvalue weighted by atomic mass is 10.0. The highest BCUT2D eigenvalue weighted by molar-refractivity contribution is 5.77. The zero-order valence-corrected chi connectivity index (χ0v) is 15.5. The van der Waals surface area contributed by atoms with Gasteiger partial charge in [0, 0.05) is 32.4 Å². The van der Waals surface area contributed by atoms with E-state index in [-0.39, 0.29) is 30.8 Å². The quantitative estimate of drug-likeness (QED) is 0.736. The average Bonchev–Trinajstić information content (AvgIpc) is 3.13. The number of amides is 1. The molecule has 7 heteroatoms. The Balaban J connectivity index is 1.73. The maximum Gasteiger partial charge on any atom is 0.419 e. The van der Waals surface area contributed by atoms with Gasteiger partial charge in [0.2, 0.25) is 5.91 Å². The molecule has 2 heterocycles. The Hall–Kier alpha value is -2.83. The molecule has 0 fully saturated rings. The maximum absolute atomic E-state index is 12.5. The fourth-order valence-electron chi connectivity index (χ4n) is 3.05. The predicted molar refractivity (Wildman–Crippen MR) is 98.8 cm³/mol. The molecule has 3 aromatic rings. The van der Waals surface area contributed by atoms with Gasteiger partial charge in [-0.1, -0.05) is 19.9 Å². The number of hydrogen-bond acceptors (Lipinski definition) is 4. The Morgan fingerprint density at radius 1 is 1.35 bits per heavy atom. The highest BCUT2D eigenvalue weighted by atomic mass is 16.4. The summed E-state index contributed by atoms with van der Waals surface area (Å²) in [6.07, 6.45) is 3.77. The second-order valence-corrected chi connectivity index (χ2v) is 6.93. The molecule has 0 spiro atoms. The summed E-state index contributed by atoms with van der Waals surface area (Å²) in [6.45, 7) is 6.30. The van der Waals surface area contributed by atoms with E-state index in [9.17, 15) is 9.59 Å². The van der Waals surface area contributed by atoms with E-state index < -0.39 is 5.76 Å². The SMILES string of the molecule is Cc1ccc2oc(=O)n(CCC(=O)N[C@H](c3nccn3C)C(C)C)c2c1.